The third-order valence-corrected chi connectivity index (χ3v) is 7.40. The third-order valence-electron chi connectivity index (χ3n) is 7.40. The predicted molar refractivity (Wildman–Crippen MR) is 164 cm³/mol. The second-order valence-corrected chi connectivity index (χ2v) is 10.4. The summed E-state index contributed by atoms with van der Waals surface area (Å²) in [6, 6.07) is 30.0. The van der Waals surface area contributed by atoms with Gasteiger partial charge in [0.15, 0.2) is 11.4 Å². The van der Waals surface area contributed by atoms with Crippen LogP contribution in [0.2, 0.25) is 0 Å². The molecule has 1 amide bonds. The molecule has 0 spiro atoms. The van der Waals surface area contributed by atoms with Crippen LogP contribution in [-0.2, 0) is 17.8 Å². The van der Waals surface area contributed by atoms with Crippen molar-refractivity contribution in [1.82, 2.24) is 14.7 Å². The third kappa shape index (κ3) is 7.10. The molecule has 0 radical (unpaired) electrons. The fraction of sp³-hybridized carbons (Fsp3) is 0.257. The lowest BCUT2D eigenvalue weighted by Gasteiger charge is -2.21. The Morgan fingerprint density at radius 3 is 2.21 bits per heavy atom. The van der Waals surface area contributed by atoms with E-state index in [1.165, 1.54) is 5.56 Å². The lowest BCUT2D eigenvalue weighted by Crippen LogP contribution is -2.34. The number of benzene rings is 3. The van der Waals surface area contributed by atoms with Crippen LogP contribution < -0.4 is 19.5 Å². The van der Waals surface area contributed by atoms with E-state index >= 15 is 0 Å². The summed E-state index contributed by atoms with van der Waals surface area (Å²) in [5.41, 5.74) is 4.80. The maximum atomic E-state index is 13.5. The Balaban J connectivity index is 1.41. The molecule has 7 nitrogen and oxygen atoms in total. The Labute approximate surface area is 247 Å². The molecule has 0 fully saturated rings. The van der Waals surface area contributed by atoms with E-state index in [0.29, 0.717) is 29.5 Å². The number of pyridine rings is 1. The van der Waals surface area contributed by atoms with E-state index in [-0.39, 0.29) is 24.3 Å². The van der Waals surface area contributed by atoms with Crippen molar-refractivity contribution in [2.75, 3.05) is 14.2 Å². The molecule has 2 aromatic heterocycles. The van der Waals surface area contributed by atoms with Crippen molar-refractivity contribution in [1.29, 1.82) is 0 Å². The van der Waals surface area contributed by atoms with Crippen LogP contribution in [0.25, 0.3) is 5.65 Å². The van der Waals surface area contributed by atoms with Gasteiger partial charge in [0, 0.05) is 36.8 Å². The summed E-state index contributed by atoms with van der Waals surface area (Å²) in [4.78, 5) is 18.2. The number of hydrogen-bond donors (Lipinski definition) is 1. The summed E-state index contributed by atoms with van der Waals surface area (Å²) in [5.74, 6) is 1.65. The number of carbonyl (C=O) groups excluding carboxylic acids is 1. The number of nitrogens with one attached hydrogen (secondary N) is 1. The van der Waals surface area contributed by atoms with Crippen LogP contribution in [0.4, 0.5) is 0 Å². The van der Waals surface area contributed by atoms with Crippen molar-refractivity contribution in [3.8, 4) is 17.2 Å². The van der Waals surface area contributed by atoms with Crippen LogP contribution >= 0.6 is 0 Å². The molecule has 0 saturated carbocycles. The number of fused-ring (bicyclic) bond motifs is 1. The van der Waals surface area contributed by atoms with E-state index in [4.69, 9.17) is 19.2 Å². The van der Waals surface area contributed by atoms with Crippen molar-refractivity contribution in [3.63, 3.8) is 0 Å². The van der Waals surface area contributed by atoms with Gasteiger partial charge in [-0.3, -0.25) is 4.79 Å². The smallest absolute Gasteiger partial charge is 0.221 e. The van der Waals surface area contributed by atoms with Crippen molar-refractivity contribution in [2.45, 2.75) is 44.8 Å². The van der Waals surface area contributed by atoms with Gasteiger partial charge in [-0.1, -0.05) is 60.7 Å². The molecule has 0 unspecified atom stereocenters. The Morgan fingerprint density at radius 2 is 1.55 bits per heavy atom. The van der Waals surface area contributed by atoms with E-state index < -0.39 is 0 Å². The molecule has 0 bridgehead atoms. The van der Waals surface area contributed by atoms with E-state index in [2.05, 4.69) is 24.4 Å². The van der Waals surface area contributed by atoms with E-state index in [1.807, 2.05) is 95.7 Å². The topological polar surface area (TPSA) is 74.1 Å². The molecule has 5 rings (SSSR count). The molecule has 5 aromatic rings. The number of nitrogens with zero attached hydrogens (tertiary/aromatic N) is 2. The molecule has 216 valence electrons. The molecular weight excluding hydrogens is 526 g/mol. The van der Waals surface area contributed by atoms with Crippen LogP contribution in [0.5, 0.6) is 17.2 Å². The Kier molecular flexibility index (Phi) is 9.39. The fourth-order valence-corrected chi connectivity index (χ4v) is 5.15. The van der Waals surface area contributed by atoms with Gasteiger partial charge < -0.3 is 23.9 Å². The van der Waals surface area contributed by atoms with E-state index in [9.17, 15) is 4.79 Å². The first kappa shape index (κ1) is 28.7. The first-order valence-electron chi connectivity index (χ1n) is 14.2. The van der Waals surface area contributed by atoms with Gasteiger partial charge in [-0.05, 0) is 60.7 Å². The zero-order chi connectivity index (χ0) is 29.3. The first-order valence-corrected chi connectivity index (χ1v) is 14.2. The lowest BCUT2D eigenvalue weighted by atomic mass is 9.91. The maximum absolute atomic E-state index is 13.5. The normalized spacial score (nSPS) is 12.5. The Bertz CT molecular complexity index is 1580. The highest BCUT2D eigenvalue weighted by Crippen LogP contribution is 2.35. The van der Waals surface area contributed by atoms with Crippen molar-refractivity contribution < 1.29 is 19.0 Å². The highest BCUT2D eigenvalue weighted by molar-refractivity contribution is 5.78. The standard InChI is InChI=1S/C35H37N3O4/c1-25(16-17-26-11-6-4-7-12-26)37-34(39)22-31(28-19-29(40-2)21-30(20-28)41-3)32-23-36-35-33(15-10-18-38(32)35)42-24-27-13-8-5-9-14-27/h4-15,18-21,23,25,31H,16-17,22,24H2,1-3H3,(H,37,39)/t25-,31-/m0/s1. The minimum Gasteiger partial charge on any atom is -0.497 e. The van der Waals surface area contributed by atoms with Crippen LogP contribution in [-0.4, -0.2) is 35.6 Å². The van der Waals surface area contributed by atoms with E-state index in [1.54, 1.807) is 14.2 Å². The number of methoxy groups -OCH3 is 2. The monoisotopic (exact) mass is 563 g/mol. The molecule has 1 N–H and O–H groups in total. The van der Waals surface area contributed by atoms with Gasteiger partial charge in [0.25, 0.3) is 0 Å². The first-order chi connectivity index (χ1) is 20.5. The number of carbonyl (C=O) groups is 1. The highest BCUT2D eigenvalue weighted by Gasteiger charge is 2.25. The zero-order valence-corrected chi connectivity index (χ0v) is 24.3. The van der Waals surface area contributed by atoms with Gasteiger partial charge in [-0.2, -0.15) is 0 Å². The molecular formula is C35H37N3O4. The van der Waals surface area contributed by atoms with Crippen molar-refractivity contribution in [3.05, 3.63) is 126 Å². The van der Waals surface area contributed by atoms with Gasteiger partial charge in [0.2, 0.25) is 5.91 Å². The van der Waals surface area contributed by atoms with Crippen LogP contribution in [0.3, 0.4) is 0 Å². The average Bonchev–Trinajstić information content (AvgIpc) is 3.47. The number of amides is 1. The molecule has 3 aromatic carbocycles. The number of imidazole rings is 1. The van der Waals surface area contributed by atoms with Gasteiger partial charge in [0.05, 0.1) is 19.9 Å². The number of aromatic nitrogens is 2. The summed E-state index contributed by atoms with van der Waals surface area (Å²) in [7, 11) is 3.25. The van der Waals surface area contributed by atoms with Crippen LogP contribution in [0.15, 0.2) is 103 Å². The highest BCUT2D eigenvalue weighted by atomic mass is 16.5. The SMILES string of the molecule is COc1cc(OC)cc([C@H](CC(=O)N[C@@H](C)CCc2ccccc2)c2cnc3c(OCc4ccccc4)cccn23)c1. The minimum absolute atomic E-state index is 0.0263. The van der Waals surface area contributed by atoms with Crippen molar-refractivity contribution >= 4 is 11.6 Å². The lowest BCUT2D eigenvalue weighted by molar-refractivity contribution is -0.121. The molecule has 2 atom stereocenters. The number of rotatable bonds is 13. The molecule has 0 saturated heterocycles. The average molecular weight is 564 g/mol. The molecule has 7 heteroatoms. The largest absolute Gasteiger partial charge is 0.497 e. The van der Waals surface area contributed by atoms with Gasteiger partial charge in [0.1, 0.15) is 18.1 Å². The molecule has 0 aliphatic rings. The van der Waals surface area contributed by atoms with Crippen LogP contribution in [0, 0.1) is 0 Å². The van der Waals surface area contributed by atoms with E-state index in [0.717, 1.165) is 29.7 Å². The Morgan fingerprint density at radius 1 is 0.881 bits per heavy atom. The number of ether oxygens (including phenoxy) is 3. The zero-order valence-electron chi connectivity index (χ0n) is 24.3. The van der Waals surface area contributed by atoms with Gasteiger partial charge >= 0.3 is 0 Å². The predicted octanol–water partition coefficient (Wildman–Crippen LogP) is 6.59. The van der Waals surface area contributed by atoms with Gasteiger partial charge in [-0.15, -0.1) is 0 Å². The molecule has 42 heavy (non-hydrogen) atoms. The van der Waals surface area contributed by atoms with Crippen LogP contribution in [0.1, 0.15) is 48.1 Å². The van der Waals surface area contributed by atoms with Crippen molar-refractivity contribution in [2.24, 2.45) is 0 Å². The second kappa shape index (κ2) is 13.7. The molecule has 2 heterocycles. The summed E-state index contributed by atoms with van der Waals surface area (Å²) in [6.07, 6.45) is 5.77. The van der Waals surface area contributed by atoms with Gasteiger partial charge in [-0.25, -0.2) is 4.98 Å². The summed E-state index contributed by atoms with van der Waals surface area (Å²) in [6.45, 7) is 2.48. The molecule has 0 aliphatic heterocycles. The summed E-state index contributed by atoms with van der Waals surface area (Å²) >= 11 is 0. The second-order valence-electron chi connectivity index (χ2n) is 10.4. The minimum atomic E-state index is -0.310. The quantitative estimate of drug-likeness (QED) is 0.175. The molecule has 0 aliphatic carbocycles. The summed E-state index contributed by atoms with van der Waals surface area (Å²) in [5, 5.41) is 3.21. The number of aryl methyl sites for hydroxylation is 1. The maximum Gasteiger partial charge on any atom is 0.221 e. The summed E-state index contributed by atoms with van der Waals surface area (Å²) < 4.78 is 19.3. The fourth-order valence-electron chi connectivity index (χ4n) is 5.15. The Hall–Kier alpha value is -4.78. The number of hydrogen-bond acceptors (Lipinski definition) is 5.